The summed E-state index contributed by atoms with van der Waals surface area (Å²) >= 11 is 12.0. The second-order valence-corrected chi connectivity index (χ2v) is 9.50. The fourth-order valence-corrected chi connectivity index (χ4v) is 4.55. The number of rotatable bonds is 5. The molecule has 3 rings (SSSR count). The van der Waals surface area contributed by atoms with Crippen molar-refractivity contribution in [2.24, 2.45) is 0 Å². The number of sulfonamides is 1. The molecule has 1 aromatic carbocycles. The number of carbonyl (C=O) groups excluding carboxylic acids is 1. The molecule has 1 aliphatic rings. The number of anilines is 1. The van der Waals surface area contributed by atoms with Gasteiger partial charge in [-0.05, 0) is 31.0 Å². The van der Waals surface area contributed by atoms with E-state index < -0.39 is 33.8 Å². The Morgan fingerprint density at radius 2 is 1.94 bits per heavy atom. The molecule has 2 heterocycles. The summed E-state index contributed by atoms with van der Waals surface area (Å²) in [4.78, 5) is 12.9. The second kappa shape index (κ2) is 8.36. The lowest BCUT2D eigenvalue weighted by Gasteiger charge is -2.29. The van der Waals surface area contributed by atoms with Gasteiger partial charge in [0.2, 0.25) is 10.0 Å². The molecule has 2 aromatic rings. The zero-order valence-electron chi connectivity index (χ0n) is 16.2. The predicted octanol–water partition coefficient (Wildman–Crippen LogP) is 4.35. The minimum Gasteiger partial charge on any atom is -0.344 e. The van der Waals surface area contributed by atoms with Crippen LogP contribution < -0.4 is 10.0 Å². The lowest BCUT2D eigenvalue weighted by Crippen LogP contribution is -2.38. The van der Waals surface area contributed by atoms with E-state index in [1.165, 1.54) is 25.1 Å². The van der Waals surface area contributed by atoms with Crippen molar-refractivity contribution in [1.29, 1.82) is 0 Å². The molecule has 2 N–H and O–H groups in total. The molecule has 1 amide bonds. The van der Waals surface area contributed by atoms with E-state index in [-0.39, 0.29) is 39.3 Å². The average molecular weight is 497 g/mol. The van der Waals surface area contributed by atoms with Crippen LogP contribution in [0.15, 0.2) is 35.5 Å². The summed E-state index contributed by atoms with van der Waals surface area (Å²) in [6.07, 6.45) is -4.46. The van der Waals surface area contributed by atoms with Crippen LogP contribution in [0.4, 0.5) is 19.0 Å². The number of carbonyl (C=O) groups is 1. The fraction of sp³-hybridized carbons (Fsp3) is 0.333. The molecule has 1 unspecified atom stereocenters. The molecule has 31 heavy (non-hydrogen) atoms. The van der Waals surface area contributed by atoms with E-state index in [1.807, 2.05) is 4.72 Å². The van der Waals surface area contributed by atoms with Gasteiger partial charge in [0.1, 0.15) is 11.9 Å². The van der Waals surface area contributed by atoms with Crippen LogP contribution >= 0.6 is 23.2 Å². The number of hydrogen-bond donors (Lipinski definition) is 2. The first-order valence-corrected chi connectivity index (χ1v) is 11.4. The van der Waals surface area contributed by atoms with Crippen LogP contribution in [-0.4, -0.2) is 29.9 Å². The third-order valence-electron chi connectivity index (χ3n) is 4.49. The van der Waals surface area contributed by atoms with Gasteiger partial charge in [0.25, 0.3) is 5.91 Å². The number of fused-ring (bicyclic) bond motifs is 1. The van der Waals surface area contributed by atoms with E-state index in [0.717, 1.165) is 10.7 Å². The van der Waals surface area contributed by atoms with Gasteiger partial charge in [-0.15, -0.1) is 0 Å². The molecule has 0 radical (unpaired) electrons. The van der Waals surface area contributed by atoms with Gasteiger partial charge in [-0.2, -0.15) is 18.3 Å². The van der Waals surface area contributed by atoms with Gasteiger partial charge in [-0.3, -0.25) is 4.79 Å². The van der Waals surface area contributed by atoms with Gasteiger partial charge in [0.15, 0.2) is 5.69 Å². The molecular weight excluding hydrogens is 480 g/mol. The molecule has 0 saturated heterocycles. The maximum Gasteiger partial charge on any atom is 0.435 e. The first-order chi connectivity index (χ1) is 14.3. The maximum absolute atomic E-state index is 13.3. The van der Waals surface area contributed by atoms with Crippen LogP contribution in [0.25, 0.3) is 0 Å². The molecule has 0 spiro atoms. The van der Waals surface area contributed by atoms with Crippen LogP contribution in [0.5, 0.6) is 0 Å². The third-order valence-corrected chi connectivity index (χ3v) is 6.67. The van der Waals surface area contributed by atoms with Gasteiger partial charge in [-0.1, -0.05) is 36.2 Å². The number of allylic oxidation sites excluding steroid dienone is 1. The van der Waals surface area contributed by atoms with Gasteiger partial charge >= 0.3 is 6.18 Å². The van der Waals surface area contributed by atoms with E-state index in [0.29, 0.717) is 5.56 Å². The van der Waals surface area contributed by atoms with Crippen LogP contribution in [-0.2, 0) is 21.0 Å². The Labute approximate surface area is 186 Å². The Morgan fingerprint density at radius 1 is 1.26 bits per heavy atom. The summed E-state index contributed by atoms with van der Waals surface area (Å²) in [7, 11) is -3.94. The first-order valence-electron chi connectivity index (χ1n) is 8.98. The number of nitrogens with one attached hydrogen (secondary N) is 2. The van der Waals surface area contributed by atoms with Gasteiger partial charge in [0, 0.05) is 11.8 Å². The molecule has 0 saturated carbocycles. The summed E-state index contributed by atoms with van der Waals surface area (Å²) < 4.78 is 67.0. The zero-order chi connectivity index (χ0) is 23.1. The van der Waals surface area contributed by atoms with E-state index in [9.17, 15) is 26.4 Å². The van der Waals surface area contributed by atoms with Crippen LogP contribution in [0.2, 0.25) is 10.0 Å². The lowest BCUT2D eigenvalue weighted by molar-refractivity contribution is -0.141. The summed E-state index contributed by atoms with van der Waals surface area (Å²) in [5.41, 5.74) is -0.830. The molecule has 13 heteroatoms. The zero-order valence-corrected chi connectivity index (χ0v) is 18.5. The average Bonchev–Trinajstić information content (AvgIpc) is 3.06. The quantitative estimate of drug-likeness (QED) is 0.641. The molecule has 0 fully saturated rings. The first kappa shape index (κ1) is 23.4. The highest BCUT2D eigenvalue weighted by atomic mass is 35.5. The van der Waals surface area contributed by atoms with E-state index in [2.05, 4.69) is 10.4 Å². The predicted molar refractivity (Wildman–Crippen MR) is 110 cm³/mol. The highest BCUT2D eigenvalue weighted by Crippen LogP contribution is 2.40. The molecule has 1 aliphatic heterocycles. The molecular formula is C18H17Cl2F3N4O3S. The van der Waals surface area contributed by atoms with E-state index >= 15 is 0 Å². The number of amides is 1. The Balaban J connectivity index is 2.17. The van der Waals surface area contributed by atoms with Crippen molar-refractivity contribution >= 4 is 45.0 Å². The monoisotopic (exact) mass is 496 g/mol. The van der Waals surface area contributed by atoms with Crippen LogP contribution in [0.1, 0.15) is 37.6 Å². The minimum absolute atomic E-state index is 0.0196. The normalized spacial score (nSPS) is 16.7. The van der Waals surface area contributed by atoms with Crippen molar-refractivity contribution in [2.45, 2.75) is 32.5 Å². The van der Waals surface area contributed by atoms with Crippen LogP contribution in [0, 0.1) is 0 Å². The van der Waals surface area contributed by atoms with E-state index in [1.54, 1.807) is 6.92 Å². The Morgan fingerprint density at radius 3 is 2.52 bits per heavy atom. The number of aromatic nitrogens is 2. The van der Waals surface area contributed by atoms with Crippen molar-refractivity contribution in [1.82, 2.24) is 14.5 Å². The maximum atomic E-state index is 13.3. The Kier molecular flexibility index (Phi) is 6.32. The number of halogens is 5. The molecule has 1 aromatic heterocycles. The number of nitrogens with zero attached hydrogens (tertiary/aromatic N) is 2. The highest BCUT2D eigenvalue weighted by molar-refractivity contribution is 7.90. The Bertz CT molecular complexity index is 1180. The minimum atomic E-state index is -4.73. The summed E-state index contributed by atoms with van der Waals surface area (Å²) in [6, 6.07) is 3.91. The van der Waals surface area contributed by atoms with Gasteiger partial charge in [0.05, 0.1) is 21.4 Å². The van der Waals surface area contributed by atoms with Crippen molar-refractivity contribution in [3.8, 4) is 0 Å². The number of hydrogen-bond acceptors (Lipinski definition) is 5. The van der Waals surface area contributed by atoms with Crippen molar-refractivity contribution in [2.75, 3.05) is 11.1 Å². The van der Waals surface area contributed by atoms with Crippen LogP contribution in [0.3, 0.4) is 0 Å². The largest absolute Gasteiger partial charge is 0.435 e. The summed E-state index contributed by atoms with van der Waals surface area (Å²) in [6.45, 7) is 3.08. The number of alkyl halides is 3. The molecule has 7 nitrogen and oxygen atoms in total. The molecule has 1 atom stereocenters. The summed E-state index contributed by atoms with van der Waals surface area (Å²) in [5.74, 6) is -1.29. The molecule has 168 valence electrons. The van der Waals surface area contributed by atoms with E-state index in [4.69, 9.17) is 23.2 Å². The lowest BCUT2D eigenvalue weighted by atomic mass is 9.95. The standard InChI is InChI=1S/C18H17Cl2F3N4O3S/c1-3-6-31(29,30)26-17(28)15-9(2)24-14-8-13(18(21,22)23)25-27(14)16(15)10-4-5-11(19)12(20)7-10/h4-5,7-8,16,24H,3,6H2,1-2H3,(H,26,28). The topological polar surface area (TPSA) is 93.1 Å². The number of benzene rings is 1. The van der Waals surface area contributed by atoms with Crippen molar-refractivity contribution < 1.29 is 26.4 Å². The molecule has 0 aliphatic carbocycles. The Hall–Kier alpha value is -2.24. The smallest absolute Gasteiger partial charge is 0.344 e. The van der Waals surface area contributed by atoms with Crippen molar-refractivity contribution in [3.05, 3.63) is 56.8 Å². The third kappa shape index (κ3) is 4.83. The molecule has 0 bridgehead atoms. The highest BCUT2D eigenvalue weighted by Gasteiger charge is 2.40. The summed E-state index contributed by atoms with van der Waals surface area (Å²) in [5, 5.41) is 6.63. The fourth-order valence-electron chi connectivity index (χ4n) is 3.21. The van der Waals surface area contributed by atoms with Gasteiger partial charge in [-0.25, -0.2) is 17.8 Å². The SMILES string of the molecule is CCCS(=O)(=O)NC(=O)C1=C(C)Nc2cc(C(F)(F)F)nn2C1c1ccc(Cl)c(Cl)c1. The van der Waals surface area contributed by atoms with Gasteiger partial charge < -0.3 is 5.32 Å². The van der Waals surface area contributed by atoms with Crippen molar-refractivity contribution in [3.63, 3.8) is 0 Å². The second-order valence-electron chi connectivity index (χ2n) is 6.85.